The number of oxime groups is 1. The highest BCUT2D eigenvalue weighted by molar-refractivity contribution is 6.34. The number of rotatable bonds is 2. The van der Waals surface area contributed by atoms with Crippen LogP contribution in [0.5, 0.6) is 0 Å². The Kier molecular flexibility index (Phi) is 5.04. The highest BCUT2D eigenvalue weighted by Crippen LogP contribution is 2.68. The summed E-state index contributed by atoms with van der Waals surface area (Å²) in [4.78, 5) is 11.4. The molecule has 0 saturated heterocycles. The first kappa shape index (κ1) is 20.8. The first-order chi connectivity index (χ1) is 14.3. The van der Waals surface area contributed by atoms with Gasteiger partial charge in [0.1, 0.15) is 6.10 Å². The molecule has 0 bridgehead atoms. The van der Waals surface area contributed by atoms with E-state index in [1.807, 2.05) is 0 Å². The normalized spacial score (nSPS) is 51.3. The Hall–Kier alpha value is -1.03. The minimum atomic E-state index is -0.147. The van der Waals surface area contributed by atoms with Crippen LogP contribution in [0.15, 0.2) is 16.8 Å². The summed E-state index contributed by atoms with van der Waals surface area (Å²) in [7, 11) is 0. The third-order valence-corrected chi connectivity index (χ3v) is 10.8. The fraction of sp³-hybridized carbons (Fsp3) is 0.840. The molecule has 5 aliphatic carbocycles. The molecular weight excluding hydrogens is 398 g/mol. The van der Waals surface area contributed by atoms with Gasteiger partial charge in [-0.25, -0.2) is 0 Å². The Balaban J connectivity index is 1.36. The average molecular weight is 434 g/mol. The molecule has 1 N–H and O–H groups in total. The number of carbonyl (C=O) groups is 1. The number of carbonyl (C=O) groups excluding carboxylic acids is 1. The minimum absolute atomic E-state index is 0.0692. The van der Waals surface area contributed by atoms with Gasteiger partial charge >= 0.3 is 5.97 Å². The molecular formula is C25H36ClNO3. The van der Waals surface area contributed by atoms with E-state index in [4.69, 9.17) is 21.5 Å². The van der Waals surface area contributed by atoms with E-state index in [-0.39, 0.29) is 22.9 Å². The smallest absolute Gasteiger partial charge is 0.302 e. The predicted molar refractivity (Wildman–Crippen MR) is 118 cm³/mol. The van der Waals surface area contributed by atoms with Crippen LogP contribution < -0.4 is 0 Å². The van der Waals surface area contributed by atoms with Crippen LogP contribution in [0.1, 0.15) is 78.6 Å². The SMILES string of the molecule is CC(=O)OC1CC[C@@]2(C)C(=CC[C@@H]3[C@@H]2CC[C@]2(C)C(C4C/C(=N\O)C4Cl)CC[C@@H]32)C1. The maximum absolute atomic E-state index is 11.4. The average Bonchev–Trinajstić information content (AvgIpc) is 3.04. The Morgan fingerprint density at radius 1 is 1.10 bits per heavy atom. The lowest BCUT2D eigenvalue weighted by Gasteiger charge is -2.59. The van der Waals surface area contributed by atoms with Crippen LogP contribution in [0.3, 0.4) is 0 Å². The largest absolute Gasteiger partial charge is 0.462 e. The number of alkyl halides is 1. The molecule has 5 heteroatoms. The van der Waals surface area contributed by atoms with Gasteiger partial charge in [-0.2, -0.15) is 0 Å². The fourth-order valence-electron chi connectivity index (χ4n) is 8.69. The summed E-state index contributed by atoms with van der Waals surface area (Å²) in [5.41, 5.74) is 2.99. The Morgan fingerprint density at radius 2 is 1.83 bits per heavy atom. The van der Waals surface area contributed by atoms with Crippen molar-refractivity contribution in [1.29, 1.82) is 0 Å². The van der Waals surface area contributed by atoms with Crippen LogP contribution >= 0.6 is 11.6 Å². The van der Waals surface area contributed by atoms with Crippen molar-refractivity contribution < 1.29 is 14.7 Å². The number of allylic oxidation sites excluding steroid dienone is 1. The molecule has 0 aromatic carbocycles. The minimum Gasteiger partial charge on any atom is -0.462 e. The van der Waals surface area contributed by atoms with Crippen molar-refractivity contribution in [2.24, 2.45) is 45.6 Å². The second kappa shape index (κ2) is 7.25. The van der Waals surface area contributed by atoms with Crippen LogP contribution in [-0.4, -0.2) is 28.4 Å². The van der Waals surface area contributed by atoms with Crippen LogP contribution in [0.4, 0.5) is 0 Å². The van der Waals surface area contributed by atoms with Crippen LogP contribution in [0.2, 0.25) is 0 Å². The van der Waals surface area contributed by atoms with Gasteiger partial charge in [0.2, 0.25) is 0 Å². The van der Waals surface area contributed by atoms with Gasteiger partial charge in [0.05, 0.1) is 11.1 Å². The van der Waals surface area contributed by atoms with Crippen molar-refractivity contribution in [3.05, 3.63) is 11.6 Å². The van der Waals surface area contributed by atoms with Gasteiger partial charge in [-0.1, -0.05) is 30.7 Å². The number of halogens is 1. The molecule has 4 fully saturated rings. The molecule has 4 nitrogen and oxygen atoms in total. The quantitative estimate of drug-likeness (QED) is 0.192. The van der Waals surface area contributed by atoms with Crippen molar-refractivity contribution in [1.82, 2.24) is 0 Å². The van der Waals surface area contributed by atoms with E-state index < -0.39 is 0 Å². The van der Waals surface area contributed by atoms with Crippen LogP contribution in [0, 0.1) is 40.4 Å². The monoisotopic (exact) mass is 433 g/mol. The van der Waals surface area contributed by atoms with E-state index in [0.29, 0.717) is 17.3 Å². The fourth-order valence-corrected chi connectivity index (χ4v) is 9.09. The van der Waals surface area contributed by atoms with Gasteiger partial charge in [-0.3, -0.25) is 4.79 Å². The van der Waals surface area contributed by atoms with E-state index in [2.05, 4.69) is 25.1 Å². The van der Waals surface area contributed by atoms with Gasteiger partial charge < -0.3 is 9.94 Å². The molecule has 9 atom stereocenters. The zero-order valence-corrected chi connectivity index (χ0v) is 19.3. The molecule has 30 heavy (non-hydrogen) atoms. The summed E-state index contributed by atoms with van der Waals surface area (Å²) >= 11 is 6.62. The molecule has 0 amide bonds. The van der Waals surface area contributed by atoms with E-state index >= 15 is 0 Å². The predicted octanol–water partition coefficient (Wildman–Crippen LogP) is 5.95. The van der Waals surface area contributed by atoms with Crippen molar-refractivity contribution in [2.75, 3.05) is 0 Å². The Labute approximate surface area is 185 Å². The van der Waals surface area contributed by atoms with Gasteiger partial charge in [0, 0.05) is 13.3 Å². The maximum atomic E-state index is 11.4. The van der Waals surface area contributed by atoms with Crippen molar-refractivity contribution in [3.8, 4) is 0 Å². The zero-order chi connectivity index (χ0) is 21.3. The lowest BCUT2D eigenvalue weighted by molar-refractivity contribution is -0.148. The highest BCUT2D eigenvalue weighted by Gasteiger charge is 2.61. The van der Waals surface area contributed by atoms with Crippen molar-refractivity contribution in [2.45, 2.75) is 90.0 Å². The standard InChI is InChI=1S/C25H36ClNO3/c1-14(28)30-16-8-10-24(2)15(12-16)4-5-17-19-6-7-20(18-13-22(27-29)23(18)26)25(19,3)11-9-21(17)24/h4,16-21,23,29H,5-13H2,1-3H3/b27-22+/t16?,17-,18?,19-,20?,21-,23?,24-,25-/m0/s1. The first-order valence-corrected chi connectivity index (χ1v) is 12.4. The lowest BCUT2D eigenvalue weighted by atomic mass is 9.46. The molecule has 0 radical (unpaired) electrons. The van der Waals surface area contributed by atoms with E-state index in [1.54, 1.807) is 5.57 Å². The molecule has 4 unspecified atom stereocenters. The molecule has 166 valence electrons. The Morgan fingerprint density at radius 3 is 2.50 bits per heavy atom. The molecule has 0 spiro atoms. The number of esters is 1. The number of ether oxygens (including phenoxy) is 1. The first-order valence-electron chi connectivity index (χ1n) is 12.0. The molecule has 0 aromatic heterocycles. The maximum Gasteiger partial charge on any atom is 0.302 e. The summed E-state index contributed by atoms with van der Waals surface area (Å²) in [6, 6.07) is 0. The summed E-state index contributed by atoms with van der Waals surface area (Å²) in [5, 5.41) is 12.5. The summed E-state index contributed by atoms with van der Waals surface area (Å²) in [5.74, 6) is 3.30. The highest BCUT2D eigenvalue weighted by atomic mass is 35.5. The molecule has 5 rings (SSSR count). The Bertz CT molecular complexity index is 793. The van der Waals surface area contributed by atoms with Gasteiger partial charge in [0.15, 0.2) is 0 Å². The topological polar surface area (TPSA) is 58.9 Å². The second-order valence-corrected chi connectivity index (χ2v) is 11.8. The summed E-state index contributed by atoms with van der Waals surface area (Å²) in [6.45, 7) is 6.57. The van der Waals surface area contributed by atoms with E-state index in [0.717, 1.165) is 49.1 Å². The number of fused-ring (bicyclic) bond motifs is 5. The summed E-state index contributed by atoms with van der Waals surface area (Å²) < 4.78 is 5.57. The zero-order valence-electron chi connectivity index (χ0n) is 18.6. The van der Waals surface area contributed by atoms with E-state index in [9.17, 15) is 4.79 Å². The van der Waals surface area contributed by atoms with Gasteiger partial charge in [-0.15, -0.1) is 11.6 Å². The third-order valence-electron chi connectivity index (χ3n) is 10.2. The molecule has 0 aromatic rings. The second-order valence-electron chi connectivity index (χ2n) is 11.3. The molecule has 0 aliphatic heterocycles. The number of hydrogen-bond acceptors (Lipinski definition) is 4. The van der Waals surface area contributed by atoms with Gasteiger partial charge in [0.25, 0.3) is 0 Å². The van der Waals surface area contributed by atoms with Crippen molar-refractivity contribution >= 4 is 23.3 Å². The van der Waals surface area contributed by atoms with Crippen LogP contribution in [-0.2, 0) is 9.53 Å². The molecule has 4 saturated carbocycles. The van der Waals surface area contributed by atoms with E-state index in [1.165, 1.54) is 39.0 Å². The number of nitrogens with zero attached hydrogens (tertiary/aromatic N) is 1. The summed E-state index contributed by atoms with van der Waals surface area (Å²) in [6.07, 6.45) is 13.0. The van der Waals surface area contributed by atoms with Crippen molar-refractivity contribution in [3.63, 3.8) is 0 Å². The lowest BCUT2D eigenvalue weighted by Crippen LogP contribution is -2.53. The van der Waals surface area contributed by atoms with Crippen LogP contribution in [0.25, 0.3) is 0 Å². The third kappa shape index (κ3) is 2.92. The molecule has 0 heterocycles. The molecule has 5 aliphatic rings. The van der Waals surface area contributed by atoms with Gasteiger partial charge in [-0.05, 0) is 91.8 Å². The number of hydrogen-bond donors (Lipinski definition) is 1.